The summed E-state index contributed by atoms with van der Waals surface area (Å²) in [6.45, 7) is 1.78. The van der Waals surface area contributed by atoms with E-state index in [2.05, 4.69) is 4.98 Å². The van der Waals surface area contributed by atoms with Crippen LogP contribution in [0.5, 0.6) is 5.75 Å². The van der Waals surface area contributed by atoms with E-state index in [0.717, 1.165) is 10.9 Å². The zero-order valence-corrected chi connectivity index (χ0v) is 12.1. The van der Waals surface area contributed by atoms with Gasteiger partial charge in [-0.15, -0.1) is 0 Å². The second-order valence-electron chi connectivity index (χ2n) is 5.01. The van der Waals surface area contributed by atoms with E-state index in [9.17, 15) is 9.90 Å². The molecule has 2 aromatic carbocycles. The molecule has 0 aliphatic heterocycles. The lowest BCUT2D eigenvalue weighted by molar-refractivity contribution is 0.0335. The summed E-state index contributed by atoms with van der Waals surface area (Å²) in [4.78, 5) is 16.2. The summed E-state index contributed by atoms with van der Waals surface area (Å²) in [6.07, 6.45) is 2.88. The van der Waals surface area contributed by atoms with Gasteiger partial charge in [0.15, 0.2) is 0 Å². The van der Waals surface area contributed by atoms with Gasteiger partial charge >= 0.3 is 5.97 Å². The molecule has 110 valence electrons. The Hall–Kier alpha value is -2.88. The number of aromatic hydroxyl groups is 1. The number of phenolic OH excluding ortho intramolecular Hbond substituents is 1. The van der Waals surface area contributed by atoms with Crippen molar-refractivity contribution in [2.45, 2.75) is 13.0 Å². The Balaban J connectivity index is 1.88. The fourth-order valence-corrected chi connectivity index (χ4v) is 2.35. The van der Waals surface area contributed by atoms with Crippen LogP contribution in [-0.2, 0) is 4.74 Å². The van der Waals surface area contributed by atoms with Crippen LogP contribution in [0.2, 0.25) is 0 Å². The molecule has 3 aromatic rings. The van der Waals surface area contributed by atoms with Crippen LogP contribution in [0.1, 0.15) is 28.9 Å². The number of phenols is 1. The summed E-state index contributed by atoms with van der Waals surface area (Å²) < 4.78 is 5.43. The Bertz CT molecular complexity index is 815. The van der Waals surface area contributed by atoms with Crippen molar-refractivity contribution in [2.75, 3.05) is 0 Å². The molecule has 22 heavy (non-hydrogen) atoms. The van der Waals surface area contributed by atoms with Crippen molar-refractivity contribution in [2.24, 2.45) is 0 Å². The minimum Gasteiger partial charge on any atom is -0.506 e. The van der Waals surface area contributed by atoms with Gasteiger partial charge in [-0.1, -0.05) is 30.3 Å². The Kier molecular flexibility index (Phi) is 3.74. The molecule has 0 unspecified atom stereocenters. The monoisotopic (exact) mass is 293 g/mol. The number of aromatic nitrogens is 1. The summed E-state index contributed by atoms with van der Waals surface area (Å²) in [5, 5.41) is 11.8. The van der Waals surface area contributed by atoms with Crippen LogP contribution in [0.25, 0.3) is 10.8 Å². The first-order chi connectivity index (χ1) is 10.7. The topological polar surface area (TPSA) is 59.4 Å². The molecule has 3 rings (SSSR count). The van der Waals surface area contributed by atoms with Crippen LogP contribution >= 0.6 is 0 Å². The normalized spacial score (nSPS) is 12.0. The second kappa shape index (κ2) is 5.85. The number of carbonyl (C=O) groups is 1. The second-order valence-corrected chi connectivity index (χ2v) is 5.01. The maximum absolute atomic E-state index is 12.3. The third kappa shape index (κ3) is 2.63. The van der Waals surface area contributed by atoms with Crippen molar-refractivity contribution in [1.29, 1.82) is 0 Å². The number of rotatable bonds is 3. The number of fused-ring (bicyclic) bond motifs is 1. The average Bonchev–Trinajstić information content (AvgIpc) is 2.56. The minimum absolute atomic E-state index is 0.0509. The molecule has 0 aliphatic carbocycles. The summed E-state index contributed by atoms with van der Waals surface area (Å²) in [7, 11) is 0. The van der Waals surface area contributed by atoms with Crippen LogP contribution in [-0.4, -0.2) is 16.1 Å². The first kappa shape index (κ1) is 14.1. The molecular weight excluding hydrogens is 278 g/mol. The van der Waals surface area contributed by atoms with E-state index >= 15 is 0 Å². The van der Waals surface area contributed by atoms with Crippen LogP contribution in [0, 0.1) is 0 Å². The van der Waals surface area contributed by atoms with Crippen molar-refractivity contribution in [1.82, 2.24) is 4.98 Å². The van der Waals surface area contributed by atoms with Crippen molar-refractivity contribution in [3.8, 4) is 5.75 Å². The molecule has 0 saturated heterocycles. The molecule has 1 heterocycles. The highest BCUT2D eigenvalue weighted by molar-refractivity contribution is 6.01. The first-order valence-electron chi connectivity index (χ1n) is 6.98. The quantitative estimate of drug-likeness (QED) is 0.745. The fraction of sp³-hybridized carbons (Fsp3) is 0.111. The molecule has 0 bridgehead atoms. The fourth-order valence-electron chi connectivity index (χ4n) is 2.35. The molecule has 0 spiro atoms. The van der Waals surface area contributed by atoms with E-state index in [-0.39, 0.29) is 11.3 Å². The molecule has 0 aliphatic rings. The lowest BCUT2D eigenvalue weighted by Gasteiger charge is -2.14. The van der Waals surface area contributed by atoms with Gasteiger partial charge in [0.1, 0.15) is 17.4 Å². The van der Waals surface area contributed by atoms with Crippen LogP contribution in [0.3, 0.4) is 0 Å². The molecule has 0 saturated carbocycles. The van der Waals surface area contributed by atoms with Gasteiger partial charge in [0.25, 0.3) is 0 Å². The molecule has 4 heteroatoms. The van der Waals surface area contributed by atoms with E-state index in [1.54, 1.807) is 49.6 Å². The average molecular weight is 293 g/mol. The lowest BCUT2D eigenvalue weighted by Crippen LogP contribution is -2.09. The summed E-state index contributed by atoms with van der Waals surface area (Å²) >= 11 is 0. The first-order valence-corrected chi connectivity index (χ1v) is 6.98. The van der Waals surface area contributed by atoms with E-state index in [1.165, 1.54) is 0 Å². The van der Waals surface area contributed by atoms with Crippen molar-refractivity contribution >= 4 is 16.7 Å². The lowest BCUT2D eigenvalue weighted by atomic mass is 10.1. The number of benzene rings is 2. The molecule has 1 atom stereocenters. The number of ether oxygens (including phenoxy) is 1. The third-order valence-electron chi connectivity index (χ3n) is 3.58. The number of carbonyl (C=O) groups excluding carboxylic acids is 1. The van der Waals surface area contributed by atoms with Gasteiger partial charge in [-0.3, -0.25) is 4.98 Å². The van der Waals surface area contributed by atoms with Crippen molar-refractivity contribution < 1.29 is 14.6 Å². The maximum Gasteiger partial charge on any atom is 0.342 e. The summed E-state index contributed by atoms with van der Waals surface area (Å²) in [6, 6.07) is 14.3. The van der Waals surface area contributed by atoms with Gasteiger partial charge in [-0.05, 0) is 36.1 Å². The van der Waals surface area contributed by atoms with Crippen LogP contribution in [0.15, 0.2) is 60.9 Å². The van der Waals surface area contributed by atoms with E-state index < -0.39 is 12.1 Å². The smallest absolute Gasteiger partial charge is 0.342 e. The Morgan fingerprint density at radius 2 is 1.82 bits per heavy atom. The highest BCUT2D eigenvalue weighted by Crippen LogP contribution is 2.30. The van der Waals surface area contributed by atoms with Gasteiger partial charge in [-0.25, -0.2) is 4.79 Å². The minimum atomic E-state index is -0.549. The van der Waals surface area contributed by atoms with Gasteiger partial charge in [0.2, 0.25) is 0 Å². The molecule has 1 N–H and O–H groups in total. The van der Waals surface area contributed by atoms with Gasteiger partial charge in [0, 0.05) is 17.8 Å². The highest BCUT2D eigenvalue weighted by Gasteiger charge is 2.18. The molecule has 4 nitrogen and oxygen atoms in total. The zero-order valence-electron chi connectivity index (χ0n) is 12.1. The summed E-state index contributed by atoms with van der Waals surface area (Å²) in [5.41, 5.74) is 1.02. The standard InChI is InChI=1S/C18H15NO3/c1-12(13-8-10-19-11-9-13)22-18(21)16-7-6-14-4-2-3-5-15(14)17(16)20/h2-12,20H,1H3/t12-/m1/s1. The number of esters is 1. The van der Waals surface area contributed by atoms with Gasteiger partial charge in [-0.2, -0.15) is 0 Å². The van der Waals surface area contributed by atoms with E-state index in [1.807, 2.05) is 18.2 Å². The predicted molar refractivity (Wildman–Crippen MR) is 83.7 cm³/mol. The molecular formula is C18H15NO3. The summed E-state index contributed by atoms with van der Waals surface area (Å²) in [5.74, 6) is -0.599. The molecule has 0 fully saturated rings. The third-order valence-corrected chi connectivity index (χ3v) is 3.58. The number of hydrogen-bond acceptors (Lipinski definition) is 4. The van der Waals surface area contributed by atoms with E-state index in [0.29, 0.717) is 5.39 Å². The van der Waals surface area contributed by atoms with E-state index in [4.69, 9.17) is 4.74 Å². The predicted octanol–water partition coefficient (Wildman–Crippen LogP) is 3.86. The van der Waals surface area contributed by atoms with Crippen molar-refractivity contribution in [3.05, 3.63) is 72.1 Å². The Morgan fingerprint density at radius 3 is 2.59 bits per heavy atom. The largest absolute Gasteiger partial charge is 0.506 e. The zero-order chi connectivity index (χ0) is 15.5. The van der Waals surface area contributed by atoms with Gasteiger partial charge < -0.3 is 9.84 Å². The number of hydrogen-bond donors (Lipinski definition) is 1. The van der Waals surface area contributed by atoms with Crippen LogP contribution in [0.4, 0.5) is 0 Å². The van der Waals surface area contributed by atoms with Crippen molar-refractivity contribution in [3.63, 3.8) is 0 Å². The highest BCUT2D eigenvalue weighted by atomic mass is 16.5. The number of pyridine rings is 1. The van der Waals surface area contributed by atoms with Gasteiger partial charge in [0.05, 0.1) is 0 Å². The molecule has 1 aromatic heterocycles. The molecule has 0 amide bonds. The maximum atomic E-state index is 12.3. The molecule has 0 radical (unpaired) electrons. The SMILES string of the molecule is C[C@@H](OC(=O)c1ccc2ccccc2c1O)c1ccncc1. The number of nitrogens with zero attached hydrogens (tertiary/aromatic N) is 1. The Morgan fingerprint density at radius 1 is 1.09 bits per heavy atom. The Labute approximate surface area is 128 Å². The van der Waals surface area contributed by atoms with Crippen LogP contribution < -0.4 is 0 Å².